The number of hydrogen-bond acceptors (Lipinski definition) is 4. The van der Waals surface area contributed by atoms with Gasteiger partial charge in [-0.15, -0.1) is 0 Å². The van der Waals surface area contributed by atoms with E-state index in [1.165, 1.54) is 6.26 Å². The number of rotatable bonds is 4. The van der Waals surface area contributed by atoms with Crippen molar-refractivity contribution in [1.29, 1.82) is 0 Å². The highest BCUT2D eigenvalue weighted by Gasteiger charge is 2.25. The molecule has 5 nitrogen and oxygen atoms in total. The summed E-state index contributed by atoms with van der Waals surface area (Å²) in [4.78, 5) is 13.2. The van der Waals surface area contributed by atoms with Crippen LogP contribution in [0.5, 0.6) is 0 Å². The van der Waals surface area contributed by atoms with Gasteiger partial charge in [-0.05, 0) is 19.3 Å². The molecule has 0 spiro atoms. The summed E-state index contributed by atoms with van der Waals surface area (Å²) in [5, 5.41) is 0. The maximum absolute atomic E-state index is 11.5. The topological polar surface area (TPSA) is 80.5 Å². The van der Waals surface area contributed by atoms with Crippen molar-refractivity contribution in [3.05, 3.63) is 0 Å². The Morgan fingerprint density at radius 1 is 1.53 bits per heavy atom. The molecule has 0 aromatic carbocycles. The molecule has 1 aliphatic rings. The molecule has 0 aromatic heterocycles. The molecule has 0 aliphatic carbocycles. The smallest absolute Gasteiger partial charge is 0.239 e. The number of hydrogen-bond donors (Lipinski definition) is 1. The van der Waals surface area contributed by atoms with Crippen LogP contribution in [0.15, 0.2) is 0 Å². The maximum Gasteiger partial charge on any atom is 0.239 e. The van der Waals surface area contributed by atoms with Crippen LogP contribution in [0.4, 0.5) is 0 Å². The van der Waals surface area contributed by atoms with Crippen molar-refractivity contribution in [3.8, 4) is 0 Å². The first kappa shape index (κ1) is 12.4. The fourth-order valence-electron chi connectivity index (χ4n) is 1.71. The Morgan fingerprint density at radius 3 is 2.80 bits per heavy atom. The van der Waals surface area contributed by atoms with Crippen molar-refractivity contribution in [3.63, 3.8) is 0 Å². The normalized spacial score (nSPS) is 23.2. The van der Waals surface area contributed by atoms with E-state index in [-0.39, 0.29) is 11.7 Å². The molecule has 1 fully saturated rings. The number of likely N-dealkylation sites (tertiary alicyclic amines) is 1. The second-order valence-corrected chi connectivity index (χ2v) is 6.32. The molecule has 1 aliphatic heterocycles. The third kappa shape index (κ3) is 4.17. The molecule has 1 heterocycles. The molecular formula is C9H18N2O3S. The average Bonchev–Trinajstić information content (AvgIpc) is 2.10. The lowest BCUT2D eigenvalue weighted by Crippen LogP contribution is -2.48. The second kappa shape index (κ2) is 4.94. The van der Waals surface area contributed by atoms with E-state index in [2.05, 4.69) is 0 Å². The molecule has 0 radical (unpaired) electrons. The van der Waals surface area contributed by atoms with Crippen molar-refractivity contribution < 1.29 is 13.2 Å². The molecule has 6 heteroatoms. The van der Waals surface area contributed by atoms with Crippen molar-refractivity contribution >= 4 is 15.7 Å². The van der Waals surface area contributed by atoms with Gasteiger partial charge in [0.1, 0.15) is 9.84 Å². The molecular weight excluding hydrogens is 216 g/mol. The number of carbonyl (C=O) groups excluding carboxylic acids is 1. The van der Waals surface area contributed by atoms with E-state index in [0.717, 1.165) is 12.8 Å². The summed E-state index contributed by atoms with van der Waals surface area (Å²) in [6.45, 7) is 1.20. The highest BCUT2D eigenvalue weighted by molar-refractivity contribution is 7.90. The Labute approximate surface area is 90.5 Å². The Morgan fingerprint density at radius 2 is 2.20 bits per heavy atom. The highest BCUT2D eigenvalue weighted by atomic mass is 32.2. The van der Waals surface area contributed by atoms with Crippen molar-refractivity contribution in [1.82, 2.24) is 4.90 Å². The lowest BCUT2D eigenvalue weighted by Gasteiger charge is -2.30. The summed E-state index contributed by atoms with van der Waals surface area (Å²) >= 11 is 0. The standard InChI is InChI=1S/C9H18N2O3S/c1-15(13,14)7-3-6-11-5-2-4-8(10)9(11)12/h8H,2-7,10H2,1H3. The molecule has 15 heavy (non-hydrogen) atoms. The van der Waals surface area contributed by atoms with E-state index in [1.807, 2.05) is 0 Å². The SMILES string of the molecule is CS(=O)(=O)CCCN1CCCC(N)C1=O. The molecule has 88 valence electrons. The van der Waals surface area contributed by atoms with Gasteiger partial charge in [0, 0.05) is 19.3 Å². The minimum atomic E-state index is -2.93. The lowest BCUT2D eigenvalue weighted by atomic mass is 10.1. The van der Waals surface area contributed by atoms with Crippen molar-refractivity contribution in [2.45, 2.75) is 25.3 Å². The van der Waals surface area contributed by atoms with Crippen molar-refractivity contribution in [2.75, 3.05) is 25.1 Å². The van der Waals surface area contributed by atoms with Crippen LogP contribution in [0.25, 0.3) is 0 Å². The van der Waals surface area contributed by atoms with E-state index < -0.39 is 15.9 Å². The summed E-state index contributed by atoms with van der Waals surface area (Å²) in [5.74, 6) is 0.0844. The van der Waals surface area contributed by atoms with E-state index in [0.29, 0.717) is 19.5 Å². The summed E-state index contributed by atoms with van der Waals surface area (Å²) in [5.41, 5.74) is 5.62. The zero-order valence-electron chi connectivity index (χ0n) is 8.98. The van der Waals surface area contributed by atoms with Gasteiger partial charge < -0.3 is 10.6 Å². The number of carbonyl (C=O) groups is 1. The van der Waals surface area contributed by atoms with Gasteiger partial charge in [-0.2, -0.15) is 0 Å². The summed E-state index contributed by atoms with van der Waals surface area (Å²) in [6.07, 6.45) is 3.35. The van der Waals surface area contributed by atoms with Crippen LogP contribution in [-0.4, -0.2) is 50.4 Å². The summed E-state index contributed by atoms with van der Waals surface area (Å²) in [7, 11) is -2.93. The fourth-order valence-corrected chi connectivity index (χ4v) is 2.36. The van der Waals surface area contributed by atoms with Crippen LogP contribution in [0.3, 0.4) is 0 Å². The van der Waals surface area contributed by atoms with Gasteiger partial charge in [0.15, 0.2) is 0 Å². The van der Waals surface area contributed by atoms with Gasteiger partial charge >= 0.3 is 0 Å². The lowest BCUT2D eigenvalue weighted by molar-refractivity contribution is -0.134. The predicted molar refractivity (Wildman–Crippen MR) is 58.1 cm³/mol. The van der Waals surface area contributed by atoms with Gasteiger partial charge in [0.2, 0.25) is 5.91 Å². The van der Waals surface area contributed by atoms with E-state index in [4.69, 9.17) is 5.73 Å². The molecule has 0 aromatic rings. The Balaban J connectivity index is 2.35. The van der Waals surface area contributed by atoms with E-state index in [1.54, 1.807) is 4.90 Å². The first-order valence-corrected chi connectivity index (χ1v) is 7.18. The minimum absolute atomic E-state index is 0.0465. The number of sulfone groups is 1. The van der Waals surface area contributed by atoms with E-state index >= 15 is 0 Å². The molecule has 1 saturated heterocycles. The number of nitrogens with zero attached hydrogens (tertiary/aromatic N) is 1. The third-order valence-corrected chi connectivity index (χ3v) is 3.55. The first-order valence-electron chi connectivity index (χ1n) is 5.12. The first-order chi connectivity index (χ1) is 6.90. The quantitative estimate of drug-likeness (QED) is 0.702. The van der Waals surface area contributed by atoms with Crippen LogP contribution in [-0.2, 0) is 14.6 Å². The Kier molecular flexibility index (Phi) is 4.10. The Bertz CT molecular complexity index is 326. The van der Waals surface area contributed by atoms with Crippen molar-refractivity contribution in [2.24, 2.45) is 5.73 Å². The van der Waals surface area contributed by atoms with Crippen LogP contribution >= 0.6 is 0 Å². The number of amides is 1. The van der Waals surface area contributed by atoms with E-state index in [9.17, 15) is 13.2 Å². The molecule has 1 amide bonds. The highest BCUT2D eigenvalue weighted by Crippen LogP contribution is 2.10. The van der Waals surface area contributed by atoms with Gasteiger partial charge in [0.05, 0.1) is 11.8 Å². The molecule has 0 bridgehead atoms. The molecule has 0 saturated carbocycles. The molecule has 1 atom stereocenters. The molecule has 2 N–H and O–H groups in total. The maximum atomic E-state index is 11.5. The molecule has 1 rings (SSSR count). The average molecular weight is 234 g/mol. The molecule has 1 unspecified atom stereocenters. The monoisotopic (exact) mass is 234 g/mol. The summed E-state index contributed by atoms with van der Waals surface area (Å²) in [6, 6.07) is -0.392. The predicted octanol–water partition coefficient (Wildman–Crippen LogP) is -0.629. The number of piperidine rings is 1. The van der Waals surface area contributed by atoms with Gasteiger partial charge in [-0.3, -0.25) is 4.79 Å². The minimum Gasteiger partial charge on any atom is -0.341 e. The van der Waals surface area contributed by atoms with Gasteiger partial charge in [0.25, 0.3) is 0 Å². The Hall–Kier alpha value is -0.620. The largest absolute Gasteiger partial charge is 0.341 e. The summed E-state index contributed by atoms with van der Waals surface area (Å²) < 4.78 is 21.8. The number of nitrogens with two attached hydrogens (primary N) is 1. The zero-order valence-corrected chi connectivity index (χ0v) is 9.79. The van der Waals surface area contributed by atoms with Crippen LogP contribution in [0, 0.1) is 0 Å². The zero-order chi connectivity index (χ0) is 11.5. The van der Waals surface area contributed by atoms with Crippen LogP contribution < -0.4 is 5.73 Å². The van der Waals surface area contributed by atoms with Crippen LogP contribution in [0.2, 0.25) is 0 Å². The van der Waals surface area contributed by atoms with Gasteiger partial charge in [-0.1, -0.05) is 0 Å². The second-order valence-electron chi connectivity index (χ2n) is 4.06. The van der Waals surface area contributed by atoms with Crippen LogP contribution in [0.1, 0.15) is 19.3 Å². The fraction of sp³-hybridized carbons (Fsp3) is 0.889. The third-order valence-electron chi connectivity index (χ3n) is 2.52. The van der Waals surface area contributed by atoms with Gasteiger partial charge in [-0.25, -0.2) is 8.42 Å².